The summed E-state index contributed by atoms with van der Waals surface area (Å²) < 4.78 is 28.3. The number of halogens is 2. The number of carbonyl (C=O) groups excluding carboxylic acids is 1. The molecule has 31 heavy (non-hydrogen) atoms. The van der Waals surface area contributed by atoms with Crippen LogP contribution < -0.4 is 10.0 Å². The second kappa shape index (κ2) is 8.59. The van der Waals surface area contributed by atoms with Crippen molar-refractivity contribution in [3.8, 4) is 0 Å². The Morgan fingerprint density at radius 3 is 2.06 bits per heavy atom. The normalized spacial score (nSPS) is 11.3. The highest BCUT2D eigenvalue weighted by Gasteiger charge is 2.20. The van der Waals surface area contributed by atoms with Crippen LogP contribution in [0.4, 0.5) is 11.4 Å². The molecule has 0 bridgehead atoms. The molecule has 0 spiro atoms. The van der Waals surface area contributed by atoms with E-state index in [1.165, 1.54) is 18.2 Å². The molecule has 4 aromatic rings. The molecular formula is C23H16Cl2N2O3S. The number of sulfonamides is 1. The third-order valence-corrected chi connectivity index (χ3v) is 6.73. The number of hydrogen-bond acceptors (Lipinski definition) is 3. The van der Waals surface area contributed by atoms with E-state index in [-0.39, 0.29) is 16.1 Å². The third kappa shape index (κ3) is 4.66. The van der Waals surface area contributed by atoms with Crippen molar-refractivity contribution in [2.45, 2.75) is 4.90 Å². The molecule has 0 saturated carbocycles. The van der Waals surface area contributed by atoms with Gasteiger partial charge in [0.15, 0.2) is 0 Å². The summed E-state index contributed by atoms with van der Waals surface area (Å²) in [7, 11) is -3.89. The van der Waals surface area contributed by atoms with Crippen LogP contribution in [0.15, 0.2) is 89.8 Å². The van der Waals surface area contributed by atoms with Crippen molar-refractivity contribution in [2.24, 2.45) is 0 Å². The minimum atomic E-state index is -3.89. The Morgan fingerprint density at radius 2 is 1.39 bits per heavy atom. The van der Waals surface area contributed by atoms with Crippen molar-refractivity contribution in [3.63, 3.8) is 0 Å². The van der Waals surface area contributed by atoms with Gasteiger partial charge in [0.2, 0.25) is 0 Å². The SMILES string of the molecule is O=C(Nc1ccc(Cl)c(Cl)c1)c1cc2ccccc2cc1NS(=O)(=O)c1ccccc1. The number of carbonyl (C=O) groups is 1. The van der Waals surface area contributed by atoms with Crippen molar-refractivity contribution in [3.05, 3.63) is 101 Å². The van der Waals surface area contributed by atoms with Gasteiger partial charge in [-0.25, -0.2) is 8.42 Å². The first-order valence-electron chi connectivity index (χ1n) is 9.20. The lowest BCUT2D eigenvalue weighted by molar-refractivity contribution is 0.102. The minimum Gasteiger partial charge on any atom is -0.322 e. The number of hydrogen-bond donors (Lipinski definition) is 2. The molecule has 0 aliphatic heterocycles. The van der Waals surface area contributed by atoms with E-state index in [0.717, 1.165) is 10.8 Å². The van der Waals surface area contributed by atoms with Gasteiger partial charge in [-0.3, -0.25) is 9.52 Å². The quantitative estimate of drug-likeness (QED) is 0.364. The molecular weight excluding hydrogens is 455 g/mol. The number of anilines is 2. The summed E-state index contributed by atoms with van der Waals surface area (Å²) in [6.07, 6.45) is 0. The molecule has 1 amide bonds. The molecule has 0 unspecified atom stereocenters. The maximum atomic E-state index is 13.1. The molecule has 0 atom stereocenters. The van der Waals surface area contributed by atoms with Crippen LogP contribution in [-0.2, 0) is 10.0 Å². The molecule has 5 nitrogen and oxygen atoms in total. The largest absolute Gasteiger partial charge is 0.322 e. The average molecular weight is 471 g/mol. The second-order valence-electron chi connectivity index (χ2n) is 6.75. The molecule has 2 N–H and O–H groups in total. The van der Waals surface area contributed by atoms with E-state index in [4.69, 9.17) is 23.2 Å². The van der Waals surface area contributed by atoms with Gasteiger partial charge >= 0.3 is 0 Å². The van der Waals surface area contributed by atoms with Crippen molar-refractivity contribution in [1.82, 2.24) is 0 Å². The Bertz CT molecular complexity index is 1390. The Morgan fingerprint density at radius 1 is 0.742 bits per heavy atom. The third-order valence-electron chi connectivity index (χ3n) is 4.61. The lowest BCUT2D eigenvalue weighted by Gasteiger charge is -2.15. The second-order valence-corrected chi connectivity index (χ2v) is 9.24. The van der Waals surface area contributed by atoms with Gasteiger partial charge < -0.3 is 5.32 Å². The van der Waals surface area contributed by atoms with Crippen LogP contribution in [0.3, 0.4) is 0 Å². The van der Waals surface area contributed by atoms with Gasteiger partial charge in [0.25, 0.3) is 15.9 Å². The van der Waals surface area contributed by atoms with Crippen LogP contribution in [0, 0.1) is 0 Å². The van der Waals surface area contributed by atoms with Crippen LogP contribution in [0.2, 0.25) is 10.0 Å². The van der Waals surface area contributed by atoms with Crippen LogP contribution in [-0.4, -0.2) is 14.3 Å². The monoisotopic (exact) mass is 470 g/mol. The molecule has 4 rings (SSSR count). The zero-order chi connectivity index (χ0) is 22.0. The van der Waals surface area contributed by atoms with Gasteiger partial charge in [0, 0.05) is 5.69 Å². The summed E-state index contributed by atoms with van der Waals surface area (Å²) in [5, 5.41) is 4.98. The first kappa shape index (κ1) is 21.2. The van der Waals surface area contributed by atoms with Crippen LogP contribution in [0.5, 0.6) is 0 Å². The van der Waals surface area contributed by atoms with Gasteiger partial charge in [0.05, 0.1) is 26.2 Å². The highest BCUT2D eigenvalue weighted by Crippen LogP contribution is 2.29. The van der Waals surface area contributed by atoms with E-state index in [1.54, 1.807) is 42.5 Å². The van der Waals surface area contributed by atoms with E-state index in [0.29, 0.717) is 15.7 Å². The van der Waals surface area contributed by atoms with E-state index in [1.807, 2.05) is 24.3 Å². The van der Waals surface area contributed by atoms with Gasteiger partial charge in [0.1, 0.15) is 0 Å². The summed E-state index contributed by atoms with van der Waals surface area (Å²) in [6, 6.07) is 23.3. The number of nitrogens with one attached hydrogen (secondary N) is 2. The van der Waals surface area contributed by atoms with Gasteiger partial charge in [-0.15, -0.1) is 0 Å². The van der Waals surface area contributed by atoms with E-state index < -0.39 is 15.9 Å². The number of rotatable bonds is 5. The Kier molecular flexibility index (Phi) is 5.87. The Labute approximate surface area is 189 Å². The molecule has 0 aliphatic rings. The molecule has 0 aliphatic carbocycles. The number of amides is 1. The standard InChI is InChI=1S/C23H16Cl2N2O3S/c24-20-11-10-17(14-21(20)25)26-23(28)19-12-15-6-4-5-7-16(15)13-22(19)27-31(29,30)18-8-2-1-3-9-18/h1-14,27H,(H,26,28). The smallest absolute Gasteiger partial charge is 0.261 e. The minimum absolute atomic E-state index is 0.0963. The highest BCUT2D eigenvalue weighted by molar-refractivity contribution is 7.92. The summed E-state index contributed by atoms with van der Waals surface area (Å²) >= 11 is 12.0. The lowest BCUT2D eigenvalue weighted by Crippen LogP contribution is -2.18. The van der Waals surface area contributed by atoms with E-state index in [9.17, 15) is 13.2 Å². The van der Waals surface area contributed by atoms with E-state index >= 15 is 0 Å². The van der Waals surface area contributed by atoms with Crippen LogP contribution in [0.1, 0.15) is 10.4 Å². The van der Waals surface area contributed by atoms with Crippen LogP contribution >= 0.6 is 23.2 Å². The zero-order valence-corrected chi connectivity index (χ0v) is 18.3. The maximum Gasteiger partial charge on any atom is 0.261 e. The molecule has 156 valence electrons. The first-order valence-corrected chi connectivity index (χ1v) is 11.4. The molecule has 8 heteroatoms. The van der Waals surface area contributed by atoms with Crippen molar-refractivity contribution < 1.29 is 13.2 Å². The van der Waals surface area contributed by atoms with Gasteiger partial charge in [-0.05, 0) is 53.2 Å². The van der Waals surface area contributed by atoms with Crippen LogP contribution in [0.25, 0.3) is 10.8 Å². The summed E-state index contributed by atoms with van der Waals surface area (Å²) in [4.78, 5) is 13.2. The molecule has 0 aromatic heterocycles. The zero-order valence-electron chi connectivity index (χ0n) is 16.0. The summed E-state index contributed by atoms with van der Waals surface area (Å²) in [5.41, 5.74) is 0.772. The molecule has 0 radical (unpaired) electrons. The van der Waals surface area contributed by atoms with Gasteiger partial charge in [-0.1, -0.05) is 65.7 Å². The van der Waals surface area contributed by atoms with Gasteiger partial charge in [-0.2, -0.15) is 0 Å². The average Bonchev–Trinajstić information content (AvgIpc) is 2.76. The topological polar surface area (TPSA) is 75.3 Å². The fourth-order valence-electron chi connectivity index (χ4n) is 3.09. The lowest BCUT2D eigenvalue weighted by atomic mass is 10.0. The number of fused-ring (bicyclic) bond motifs is 1. The fraction of sp³-hybridized carbons (Fsp3) is 0. The first-order chi connectivity index (χ1) is 14.8. The molecule has 0 fully saturated rings. The molecule has 0 heterocycles. The van der Waals surface area contributed by atoms with E-state index in [2.05, 4.69) is 10.0 Å². The van der Waals surface area contributed by atoms with Crippen molar-refractivity contribution in [2.75, 3.05) is 10.0 Å². The summed E-state index contributed by atoms with van der Waals surface area (Å²) in [6.45, 7) is 0. The Balaban J connectivity index is 1.76. The maximum absolute atomic E-state index is 13.1. The fourth-order valence-corrected chi connectivity index (χ4v) is 4.48. The molecule has 0 saturated heterocycles. The highest BCUT2D eigenvalue weighted by atomic mass is 35.5. The predicted molar refractivity (Wildman–Crippen MR) is 126 cm³/mol. The molecule has 4 aromatic carbocycles. The summed E-state index contributed by atoms with van der Waals surface area (Å²) in [5.74, 6) is -0.491. The van der Waals surface area contributed by atoms with Crippen molar-refractivity contribution >= 4 is 61.3 Å². The number of benzene rings is 4. The Hall–Kier alpha value is -3.06. The predicted octanol–water partition coefficient (Wildman–Crippen LogP) is 6.20. The van der Waals surface area contributed by atoms with Crippen molar-refractivity contribution in [1.29, 1.82) is 0 Å².